The molecule has 2 bridgehead atoms. The minimum atomic E-state index is -0.840. The van der Waals surface area contributed by atoms with Crippen molar-refractivity contribution in [2.45, 2.75) is 6.42 Å². The lowest BCUT2D eigenvalue weighted by Gasteiger charge is -2.41. The third-order valence-electron chi connectivity index (χ3n) is 5.35. The highest BCUT2D eigenvalue weighted by atomic mass is 127. The number of halogens is 1. The molecule has 6 atom stereocenters. The van der Waals surface area contributed by atoms with Crippen LogP contribution in [0.4, 0.5) is 5.69 Å². The lowest BCUT2D eigenvalue weighted by atomic mass is 9.62. The van der Waals surface area contributed by atoms with E-state index in [1.165, 1.54) is 0 Å². The van der Waals surface area contributed by atoms with Crippen LogP contribution in [-0.2, 0) is 9.59 Å². The second kappa shape index (κ2) is 5.08. The van der Waals surface area contributed by atoms with Gasteiger partial charge in [0.1, 0.15) is 0 Å². The zero-order valence-electron chi connectivity index (χ0n) is 11.8. The maximum absolute atomic E-state index is 12.7. The number of hydrogen-bond acceptors (Lipinski definition) is 2. The molecule has 0 radical (unpaired) electrons. The van der Waals surface area contributed by atoms with Crippen LogP contribution in [0, 0.1) is 39.1 Å². The number of carbonyl (C=O) groups is 2. The average Bonchev–Trinajstić information content (AvgIpc) is 3.30. The molecule has 22 heavy (non-hydrogen) atoms. The molecular formula is C17H16INO3. The molecule has 0 saturated heterocycles. The van der Waals surface area contributed by atoms with Crippen LogP contribution in [0.15, 0.2) is 36.4 Å². The number of aliphatic carboxylic acids is 1. The van der Waals surface area contributed by atoms with Crippen LogP contribution in [0.2, 0.25) is 0 Å². The number of hydrogen-bond donors (Lipinski definition) is 2. The lowest BCUT2D eigenvalue weighted by Crippen LogP contribution is -2.48. The smallest absolute Gasteiger partial charge is 0.307 e. The molecule has 5 heteroatoms. The van der Waals surface area contributed by atoms with E-state index in [1.54, 1.807) is 0 Å². The van der Waals surface area contributed by atoms with Gasteiger partial charge in [0.25, 0.3) is 0 Å². The Morgan fingerprint density at radius 2 is 1.64 bits per heavy atom. The van der Waals surface area contributed by atoms with E-state index in [4.69, 9.17) is 0 Å². The summed E-state index contributed by atoms with van der Waals surface area (Å²) in [6.45, 7) is 0. The van der Waals surface area contributed by atoms with Gasteiger partial charge in [-0.05, 0) is 76.9 Å². The standard InChI is InChI=1S/C17H16INO3/c18-8-1-3-9(4-2-8)19-16(20)14-10-5-6-11(13-7-12(10)13)15(14)17(21)22/h1-6,10-15H,7H2,(H,19,20)(H,21,22)/t10-,11-,12-,13+,14-,15+/m0/s1. The van der Waals surface area contributed by atoms with Crippen molar-refractivity contribution < 1.29 is 14.7 Å². The Bertz CT molecular complexity index is 669. The van der Waals surface area contributed by atoms with Gasteiger partial charge in [0.05, 0.1) is 11.8 Å². The first-order valence-corrected chi connectivity index (χ1v) is 8.61. The zero-order chi connectivity index (χ0) is 15.4. The Morgan fingerprint density at radius 1 is 1.05 bits per heavy atom. The van der Waals surface area contributed by atoms with Crippen LogP contribution in [-0.4, -0.2) is 17.0 Å². The van der Waals surface area contributed by atoms with Crippen LogP contribution in [0.1, 0.15) is 6.42 Å². The number of fused-ring (bicyclic) bond motifs is 1. The summed E-state index contributed by atoms with van der Waals surface area (Å²) in [4.78, 5) is 24.4. The Balaban J connectivity index is 1.60. The molecule has 0 unspecified atom stereocenters. The summed E-state index contributed by atoms with van der Waals surface area (Å²) >= 11 is 2.21. The van der Waals surface area contributed by atoms with Crippen LogP contribution in [0.5, 0.6) is 0 Å². The zero-order valence-corrected chi connectivity index (χ0v) is 13.9. The summed E-state index contributed by atoms with van der Waals surface area (Å²) in [6.07, 6.45) is 5.18. The van der Waals surface area contributed by atoms with Crippen LogP contribution < -0.4 is 5.32 Å². The van der Waals surface area contributed by atoms with Gasteiger partial charge in [-0.15, -0.1) is 0 Å². The average molecular weight is 409 g/mol. The molecule has 4 nitrogen and oxygen atoms in total. The molecule has 1 aromatic rings. The number of carbonyl (C=O) groups excluding carboxylic acids is 1. The predicted molar refractivity (Wildman–Crippen MR) is 90.1 cm³/mol. The van der Waals surface area contributed by atoms with Crippen LogP contribution >= 0.6 is 22.6 Å². The normalized spacial score (nSPS) is 37.5. The summed E-state index contributed by atoms with van der Waals surface area (Å²) in [5.74, 6) is -0.916. The summed E-state index contributed by atoms with van der Waals surface area (Å²) in [6, 6.07) is 7.56. The van der Waals surface area contributed by atoms with E-state index >= 15 is 0 Å². The number of allylic oxidation sites excluding steroid dienone is 2. The molecule has 1 amide bonds. The molecule has 4 aliphatic rings. The van der Waals surface area contributed by atoms with Gasteiger partial charge in [-0.1, -0.05) is 12.2 Å². The molecule has 0 spiro atoms. The molecule has 2 N–H and O–H groups in total. The number of amides is 1. The fraction of sp³-hybridized carbons (Fsp3) is 0.412. The van der Waals surface area contributed by atoms with Gasteiger partial charge in [-0.2, -0.15) is 0 Å². The van der Waals surface area contributed by atoms with Gasteiger partial charge in [-0.3, -0.25) is 9.59 Å². The summed E-state index contributed by atoms with van der Waals surface area (Å²) < 4.78 is 1.10. The van der Waals surface area contributed by atoms with Gasteiger partial charge in [0, 0.05) is 9.26 Å². The second-order valence-electron chi connectivity index (χ2n) is 6.49. The Kier molecular flexibility index (Phi) is 3.29. The van der Waals surface area contributed by atoms with E-state index in [2.05, 4.69) is 34.0 Å². The number of anilines is 1. The highest BCUT2D eigenvalue weighted by Crippen LogP contribution is 2.63. The van der Waals surface area contributed by atoms with E-state index in [0.717, 1.165) is 15.7 Å². The minimum Gasteiger partial charge on any atom is -0.481 e. The quantitative estimate of drug-likeness (QED) is 0.596. The highest BCUT2D eigenvalue weighted by Gasteiger charge is 2.62. The monoisotopic (exact) mass is 409 g/mol. The second-order valence-corrected chi connectivity index (χ2v) is 7.73. The lowest BCUT2D eigenvalue weighted by molar-refractivity contribution is -0.152. The fourth-order valence-electron chi connectivity index (χ4n) is 4.33. The largest absolute Gasteiger partial charge is 0.481 e. The van der Waals surface area contributed by atoms with Crippen LogP contribution in [0.3, 0.4) is 0 Å². The summed E-state index contributed by atoms with van der Waals surface area (Å²) in [7, 11) is 0. The molecule has 0 heterocycles. The van der Waals surface area contributed by atoms with E-state index < -0.39 is 17.8 Å². The van der Waals surface area contributed by atoms with Crippen molar-refractivity contribution in [2.75, 3.05) is 5.32 Å². The third kappa shape index (κ3) is 2.17. The van der Waals surface area contributed by atoms with Crippen molar-refractivity contribution in [1.82, 2.24) is 0 Å². The van der Waals surface area contributed by atoms with Gasteiger partial charge in [0.15, 0.2) is 0 Å². The Labute approximate surface area is 142 Å². The van der Waals surface area contributed by atoms with Gasteiger partial charge in [-0.25, -0.2) is 0 Å². The number of carboxylic acid groups (broad SMARTS) is 1. The number of carboxylic acids is 1. The fourth-order valence-corrected chi connectivity index (χ4v) is 4.69. The van der Waals surface area contributed by atoms with Crippen molar-refractivity contribution in [2.24, 2.45) is 35.5 Å². The molecule has 2 fully saturated rings. The Hall–Kier alpha value is -1.37. The van der Waals surface area contributed by atoms with E-state index in [0.29, 0.717) is 11.8 Å². The highest BCUT2D eigenvalue weighted by molar-refractivity contribution is 14.1. The number of rotatable bonds is 3. The molecule has 5 rings (SSSR count). The molecule has 1 aromatic carbocycles. The van der Waals surface area contributed by atoms with E-state index in [-0.39, 0.29) is 17.7 Å². The van der Waals surface area contributed by atoms with Crippen molar-refractivity contribution >= 4 is 40.2 Å². The maximum atomic E-state index is 12.7. The molecule has 0 aromatic heterocycles. The van der Waals surface area contributed by atoms with Gasteiger partial charge in [0.2, 0.25) is 5.91 Å². The van der Waals surface area contributed by atoms with Gasteiger partial charge < -0.3 is 10.4 Å². The first-order valence-electron chi connectivity index (χ1n) is 7.54. The Morgan fingerprint density at radius 3 is 2.23 bits per heavy atom. The van der Waals surface area contributed by atoms with Gasteiger partial charge >= 0.3 is 5.97 Å². The van der Waals surface area contributed by atoms with E-state index in [9.17, 15) is 14.7 Å². The predicted octanol–water partition coefficient (Wildman–Crippen LogP) is 3.00. The maximum Gasteiger partial charge on any atom is 0.307 e. The molecule has 114 valence electrons. The first-order chi connectivity index (χ1) is 10.6. The topological polar surface area (TPSA) is 66.4 Å². The molecule has 0 aliphatic heterocycles. The molecule has 4 aliphatic carbocycles. The summed E-state index contributed by atoms with van der Waals surface area (Å²) in [5, 5.41) is 12.5. The van der Waals surface area contributed by atoms with E-state index in [1.807, 2.05) is 30.3 Å². The molecular weight excluding hydrogens is 393 g/mol. The summed E-state index contributed by atoms with van der Waals surface area (Å²) in [5.41, 5.74) is 0.729. The molecule has 2 saturated carbocycles. The van der Waals surface area contributed by atoms with Crippen molar-refractivity contribution in [3.63, 3.8) is 0 Å². The third-order valence-corrected chi connectivity index (χ3v) is 6.07. The minimum absolute atomic E-state index is 0.0278. The van der Waals surface area contributed by atoms with Crippen LogP contribution in [0.25, 0.3) is 0 Å². The van der Waals surface area contributed by atoms with Crippen molar-refractivity contribution in [3.05, 3.63) is 40.0 Å². The van der Waals surface area contributed by atoms with Crippen molar-refractivity contribution in [1.29, 1.82) is 0 Å². The SMILES string of the molecule is O=C(O)[C@@H]1[C@H]2C=C[C@@H]([C@@H]3C[C@H]23)[C@@H]1C(=O)Nc1ccc(I)cc1. The number of nitrogens with one attached hydrogen (secondary N) is 1. The van der Waals surface area contributed by atoms with Crippen molar-refractivity contribution in [3.8, 4) is 0 Å². The first kappa shape index (κ1) is 14.2. The number of benzene rings is 1.